The maximum atomic E-state index is 13.7. The van der Waals surface area contributed by atoms with Crippen molar-refractivity contribution in [2.24, 2.45) is 0 Å². The zero-order chi connectivity index (χ0) is 13.4. The monoisotopic (exact) mass is 260 g/mol. The predicted molar refractivity (Wildman–Crippen MR) is 72.7 cm³/mol. The normalized spacial score (nSPS) is 16.0. The quantitative estimate of drug-likeness (QED) is 0.839. The van der Waals surface area contributed by atoms with Crippen LogP contribution in [0.2, 0.25) is 0 Å². The number of fused-ring (bicyclic) bond motifs is 1. The van der Waals surface area contributed by atoms with Gasteiger partial charge < -0.3 is 9.88 Å². The van der Waals surface area contributed by atoms with E-state index in [2.05, 4.69) is 4.98 Å². The molecule has 1 aromatic carbocycles. The number of hydrogen-bond acceptors (Lipinski definition) is 1. The van der Waals surface area contributed by atoms with Crippen molar-refractivity contribution in [2.75, 3.05) is 13.1 Å². The lowest BCUT2D eigenvalue weighted by molar-refractivity contribution is 0.0718. The van der Waals surface area contributed by atoms with Gasteiger partial charge in [0.2, 0.25) is 0 Å². The van der Waals surface area contributed by atoms with Crippen molar-refractivity contribution in [3.8, 4) is 0 Å². The summed E-state index contributed by atoms with van der Waals surface area (Å²) in [4.78, 5) is 17.3. The molecular formula is C15H17FN2O. The summed E-state index contributed by atoms with van der Waals surface area (Å²) in [6, 6.07) is 4.93. The second kappa shape index (κ2) is 4.68. The fourth-order valence-electron chi connectivity index (χ4n) is 2.79. The molecule has 1 aliphatic rings. The van der Waals surface area contributed by atoms with Crippen LogP contribution in [0.5, 0.6) is 0 Å². The molecule has 1 saturated heterocycles. The zero-order valence-electron chi connectivity index (χ0n) is 11.0. The summed E-state index contributed by atoms with van der Waals surface area (Å²) in [5, 5.41) is 0.792. The molecule has 1 aliphatic heterocycles. The van der Waals surface area contributed by atoms with Gasteiger partial charge in [0.05, 0.1) is 5.52 Å². The molecule has 0 unspecified atom stereocenters. The summed E-state index contributed by atoms with van der Waals surface area (Å²) >= 11 is 0. The number of aromatic amines is 1. The van der Waals surface area contributed by atoms with E-state index in [1.54, 1.807) is 6.07 Å². The summed E-state index contributed by atoms with van der Waals surface area (Å²) in [5.74, 6) is -0.314. The number of likely N-dealkylation sites (tertiary alicyclic amines) is 1. The van der Waals surface area contributed by atoms with Crippen LogP contribution in [0.3, 0.4) is 0 Å². The number of nitrogens with zero attached hydrogens (tertiary/aromatic N) is 1. The van der Waals surface area contributed by atoms with Gasteiger partial charge in [-0.2, -0.15) is 0 Å². The Bertz CT molecular complexity index is 626. The Kier molecular flexibility index (Phi) is 3.01. The van der Waals surface area contributed by atoms with E-state index in [1.807, 2.05) is 17.9 Å². The topological polar surface area (TPSA) is 36.1 Å². The molecule has 3 nitrogen and oxygen atoms in total. The summed E-state index contributed by atoms with van der Waals surface area (Å²) < 4.78 is 13.7. The number of carbonyl (C=O) groups is 1. The number of halogens is 1. The van der Waals surface area contributed by atoms with Crippen LogP contribution in [0.4, 0.5) is 4.39 Å². The second-order valence-electron chi connectivity index (χ2n) is 5.14. The van der Waals surface area contributed by atoms with E-state index in [9.17, 15) is 9.18 Å². The SMILES string of the molecule is Cc1c(C(=O)N2CCCCC2)[nH]c2c(F)cccc12. The Morgan fingerprint density at radius 2 is 2.00 bits per heavy atom. The molecule has 0 spiro atoms. The van der Waals surface area contributed by atoms with Gasteiger partial charge >= 0.3 is 0 Å². The van der Waals surface area contributed by atoms with Gasteiger partial charge in [-0.3, -0.25) is 4.79 Å². The van der Waals surface area contributed by atoms with E-state index < -0.39 is 0 Å². The van der Waals surface area contributed by atoms with Gasteiger partial charge in [0.25, 0.3) is 5.91 Å². The smallest absolute Gasteiger partial charge is 0.270 e. The van der Waals surface area contributed by atoms with Crippen molar-refractivity contribution < 1.29 is 9.18 Å². The molecular weight excluding hydrogens is 243 g/mol. The first-order valence-corrected chi connectivity index (χ1v) is 6.74. The van der Waals surface area contributed by atoms with Crippen molar-refractivity contribution in [1.82, 2.24) is 9.88 Å². The van der Waals surface area contributed by atoms with Crippen molar-refractivity contribution in [1.29, 1.82) is 0 Å². The average Bonchev–Trinajstić information content (AvgIpc) is 2.78. The first kappa shape index (κ1) is 12.2. The number of amides is 1. The number of piperidine rings is 1. The van der Waals surface area contributed by atoms with Gasteiger partial charge in [0.1, 0.15) is 11.5 Å². The minimum Gasteiger partial charge on any atom is -0.348 e. The second-order valence-corrected chi connectivity index (χ2v) is 5.14. The standard InChI is InChI=1S/C15H17FN2O/c1-10-11-6-5-7-12(16)14(11)17-13(10)15(19)18-8-3-2-4-9-18/h5-7,17H,2-4,8-9H2,1H3. The van der Waals surface area contributed by atoms with Crippen molar-refractivity contribution >= 4 is 16.8 Å². The Labute approximate surface area is 111 Å². The molecule has 0 bridgehead atoms. The van der Waals surface area contributed by atoms with Crippen LogP contribution in [-0.2, 0) is 0 Å². The summed E-state index contributed by atoms with van der Waals surface area (Å²) in [6.07, 6.45) is 3.29. The molecule has 1 amide bonds. The number of nitrogens with one attached hydrogen (secondary N) is 1. The first-order valence-electron chi connectivity index (χ1n) is 6.74. The van der Waals surface area contributed by atoms with E-state index in [1.165, 1.54) is 12.5 Å². The van der Waals surface area contributed by atoms with Gasteiger partial charge in [0.15, 0.2) is 0 Å². The van der Waals surface area contributed by atoms with Crippen molar-refractivity contribution in [3.05, 3.63) is 35.3 Å². The molecule has 0 saturated carbocycles. The minimum absolute atomic E-state index is 0.00667. The van der Waals surface area contributed by atoms with Gasteiger partial charge in [-0.25, -0.2) is 4.39 Å². The van der Waals surface area contributed by atoms with E-state index in [0.717, 1.165) is 36.9 Å². The molecule has 0 aliphatic carbocycles. The van der Waals surface area contributed by atoms with Crippen LogP contribution in [0.15, 0.2) is 18.2 Å². The predicted octanol–water partition coefficient (Wildman–Crippen LogP) is 3.24. The number of aromatic nitrogens is 1. The average molecular weight is 260 g/mol. The molecule has 1 N–H and O–H groups in total. The Morgan fingerprint density at radius 1 is 1.26 bits per heavy atom. The lowest BCUT2D eigenvalue weighted by Crippen LogP contribution is -2.36. The molecule has 1 aromatic heterocycles. The molecule has 19 heavy (non-hydrogen) atoms. The number of para-hydroxylation sites is 1. The number of benzene rings is 1. The lowest BCUT2D eigenvalue weighted by atomic mass is 10.1. The molecule has 1 fully saturated rings. The molecule has 2 aromatic rings. The maximum absolute atomic E-state index is 13.7. The number of carbonyl (C=O) groups excluding carboxylic acids is 1. The van der Waals surface area contributed by atoms with Crippen LogP contribution < -0.4 is 0 Å². The zero-order valence-corrected chi connectivity index (χ0v) is 11.0. The highest BCUT2D eigenvalue weighted by Gasteiger charge is 2.22. The summed E-state index contributed by atoms with van der Waals surface area (Å²) in [5.41, 5.74) is 1.80. The van der Waals surface area contributed by atoms with Crippen LogP contribution in [0, 0.1) is 12.7 Å². The van der Waals surface area contributed by atoms with E-state index in [-0.39, 0.29) is 11.7 Å². The Balaban J connectivity index is 2.02. The van der Waals surface area contributed by atoms with Crippen LogP contribution in [-0.4, -0.2) is 28.9 Å². The van der Waals surface area contributed by atoms with Crippen LogP contribution in [0.25, 0.3) is 10.9 Å². The third-order valence-electron chi connectivity index (χ3n) is 3.90. The Morgan fingerprint density at radius 3 is 2.68 bits per heavy atom. The molecule has 0 atom stereocenters. The number of H-pyrrole nitrogens is 1. The van der Waals surface area contributed by atoms with Gasteiger partial charge in [0, 0.05) is 18.5 Å². The van der Waals surface area contributed by atoms with E-state index >= 15 is 0 Å². The fourth-order valence-corrected chi connectivity index (χ4v) is 2.79. The highest BCUT2D eigenvalue weighted by Crippen LogP contribution is 2.25. The highest BCUT2D eigenvalue weighted by molar-refractivity contribution is 6.01. The number of rotatable bonds is 1. The largest absolute Gasteiger partial charge is 0.348 e. The number of aryl methyl sites for hydroxylation is 1. The van der Waals surface area contributed by atoms with Gasteiger partial charge in [-0.15, -0.1) is 0 Å². The minimum atomic E-state index is -0.307. The lowest BCUT2D eigenvalue weighted by Gasteiger charge is -2.26. The maximum Gasteiger partial charge on any atom is 0.270 e. The summed E-state index contributed by atoms with van der Waals surface area (Å²) in [7, 11) is 0. The summed E-state index contributed by atoms with van der Waals surface area (Å²) in [6.45, 7) is 3.47. The Hall–Kier alpha value is -1.84. The van der Waals surface area contributed by atoms with Crippen LogP contribution in [0.1, 0.15) is 35.3 Å². The first-order chi connectivity index (χ1) is 9.18. The molecule has 0 radical (unpaired) electrons. The van der Waals surface area contributed by atoms with Crippen molar-refractivity contribution in [3.63, 3.8) is 0 Å². The third kappa shape index (κ3) is 2.01. The third-order valence-corrected chi connectivity index (χ3v) is 3.90. The van der Waals surface area contributed by atoms with Crippen LogP contribution >= 0.6 is 0 Å². The molecule has 2 heterocycles. The fraction of sp³-hybridized carbons (Fsp3) is 0.400. The number of hydrogen-bond donors (Lipinski definition) is 1. The van der Waals surface area contributed by atoms with Crippen molar-refractivity contribution in [2.45, 2.75) is 26.2 Å². The van der Waals surface area contributed by atoms with Gasteiger partial charge in [-0.05, 0) is 37.8 Å². The van der Waals surface area contributed by atoms with E-state index in [0.29, 0.717) is 11.2 Å². The molecule has 100 valence electrons. The van der Waals surface area contributed by atoms with Gasteiger partial charge in [-0.1, -0.05) is 12.1 Å². The molecule has 3 rings (SSSR count). The van der Waals surface area contributed by atoms with E-state index in [4.69, 9.17) is 0 Å². The molecule has 4 heteroatoms. The highest BCUT2D eigenvalue weighted by atomic mass is 19.1.